The number of nitrogens with zero attached hydrogens (tertiary/aromatic N) is 2. The van der Waals surface area contributed by atoms with E-state index in [2.05, 4.69) is 15.6 Å². The van der Waals surface area contributed by atoms with Crippen LogP contribution < -0.4 is 10.6 Å². The highest BCUT2D eigenvalue weighted by Gasteiger charge is 2.14. The predicted octanol–water partition coefficient (Wildman–Crippen LogP) is 5.28. The second-order valence-electron chi connectivity index (χ2n) is 6.67. The second kappa shape index (κ2) is 7.63. The summed E-state index contributed by atoms with van der Waals surface area (Å²) in [5.74, 6) is -0.652. The number of anilines is 1. The number of hydrogen-bond acceptors (Lipinski definition) is 3. The summed E-state index contributed by atoms with van der Waals surface area (Å²) in [6.45, 7) is 3.94. The van der Waals surface area contributed by atoms with Gasteiger partial charge in [-0.1, -0.05) is 17.4 Å². The molecular formula is C21H18F2N4OS. The monoisotopic (exact) mass is 412 g/mol. The zero-order chi connectivity index (χ0) is 20.5. The van der Waals surface area contributed by atoms with Crippen molar-refractivity contribution in [3.8, 4) is 11.3 Å². The first-order valence-corrected chi connectivity index (χ1v) is 9.76. The molecule has 2 aromatic carbocycles. The quantitative estimate of drug-likeness (QED) is 0.479. The number of imidazole rings is 1. The maximum atomic E-state index is 13.6. The Hall–Kier alpha value is -3.26. The standard InChI is InChI=1S/C21H18F2N4OS/c1-12-3-8-16(9-17(12)23)25-20(28)24-10-19-13(2)27-11-18(26-21(27)29-19)14-4-6-15(22)7-5-14/h3-9,11H,10H2,1-2H3,(H2,24,25,28). The third kappa shape index (κ3) is 3.97. The number of aromatic nitrogens is 2. The first-order chi connectivity index (χ1) is 13.9. The molecule has 4 rings (SSSR count). The molecule has 2 amide bonds. The molecule has 0 saturated carbocycles. The molecule has 29 heavy (non-hydrogen) atoms. The number of nitrogens with one attached hydrogen (secondary N) is 2. The summed E-state index contributed by atoms with van der Waals surface area (Å²) in [5, 5.41) is 5.40. The largest absolute Gasteiger partial charge is 0.333 e. The van der Waals surface area contributed by atoms with Crippen molar-refractivity contribution >= 4 is 28.0 Å². The minimum absolute atomic E-state index is 0.286. The minimum atomic E-state index is -0.411. The average Bonchev–Trinajstić information content (AvgIpc) is 3.23. The van der Waals surface area contributed by atoms with E-state index in [1.165, 1.54) is 29.5 Å². The summed E-state index contributed by atoms with van der Waals surface area (Å²) in [6.07, 6.45) is 1.90. The van der Waals surface area contributed by atoms with Crippen molar-refractivity contribution in [2.24, 2.45) is 0 Å². The highest BCUT2D eigenvalue weighted by atomic mass is 32.1. The lowest BCUT2D eigenvalue weighted by Gasteiger charge is -2.08. The Kier molecular flexibility index (Phi) is 5.02. The molecule has 0 aliphatic carbocycles. The summed E-state index contributed by atoms with van der Waals surface area (Å²) < 4.78 is 28.7. The van der Waals surface area contributed by atoms with Crippen LogP contribution in [0.15, 0.2) is 48.7 Å². The molecule has 2 heterocycles. The van der Waals surface area contributed by atoms with Gasteiger partial charge in [0.2, 0.25) is 0 Å². The van der Waals surface area contributed by atoms with E-state index in [1.54, 1.807) is 31.2 Å². The van der Waals surface area contributed by atoms with Gasteiger partial charge >= 0.3 is 6.03 Å². The Labute approximate surface area is 170 Å². The van der Waals surface area contributed by atoms with Gasteiger partial charge in [0, 0.05) is 28.0 Å². The maximum absolute atomic E-state index is 13.6. The Balaban J connectivity index is 1.45. The average molecular weight is 412 g/mol. The van der Waals surface area contributed by atoms with Crippen LogP contribution in [0.25, 0.3) is 16.2 Å². The first kappa shape index (κ1) is 19.1. The number of aryl methyl sites for hydroxylation is 2. The van der Waals surface area contributed by atoms with Gasteiger partial charge in [0.05, 0.1) is 12.2 Å². The van der Waals surface area contributed by atoms with Crippen molar-refractivity contribution < 1.29 is 13.6 Å². The van der Waals surface area contributed by atoms with Crippen molar-refractivity contribution in [2.75, 3.05) is 5.32 Å². The summed E-state index contributed by atoms with van der Waals surface area (Å²) in [4.78, 5) is 18.5. The van der Waals surface area contributed by atoms with Crippen LogP contribution in [-0.4, -0.2) is 15.4 Å². The number of benzene rings is 2. The molecule has 0 saturated heterocycles. The maximum Gasteiger partial charge on any atom is 0.319 e. The predicted molar refractivity (Wildman–Crippen MR) is 110 cm³/mol. The van der Waals surface area contributed by atoms with E-state index in [-0.39, 0.29) is 11.6 Å². The van der Waals surface area contributed by atoms with Gasteiger partial charge in [-0.15, -0.1) is 0 Å². The van der Waals surface area contributed by atoms with Crippen molar-refractivity contribution in [1.29, 1.82) is 0 Å². The molecule has 5 nitrogen and oxygen atoms in total. The van der Waals surface area contributed by atoms with Crippen molar-refractivity contribution in [1.82, 2.24) is 14.7 Å². The molecule has 148 valence electrons. The van der Waals surface area contributed by atoms with Gasteiger partial charge in [-0.2, -0.15) is 0 Å². The van der Waals surface area contributed by atoms with E-state index in [0.29, 0.717) is 17.8 Å². The zero-order valence-electron chi connectivity index (χ0n) is 15.8. The Morgan fingerprint density at radius 2 is 1.90 bits per heavy atom. The van der Waals surface area contributed by atoms with Crippen LogP contribution in [0.2, 0.25) is 0 Å². The van der Waals surface area contributed by atoms with Crippen molar-refractivity contribution in [3.05, 3.63) is 76.4 Å². The molecular weight excluding hydrogens is 394 g/mol. The zero-order valence-corrected chi connectivity index (χ0v) is 16.6. The van der Waals surface area contributed by atoms with Crippen LogP contribution in [0.3, 0.4) is 0 Å². The normalized spacial score (nSPS) is 11.0. The van der Waals surface area contributed by atoms with Gasteiger partial charge in [-0.3, -0.25) is 4.40 Å². The second-order valence-corrected chi connectivity index (χ2v) is 7.73. The first-order valence-electron chi connectivity index (χ1n) is 8.95. The molecule has 4 aromatic rings. The summed E-state index contributed by atoms with van der Waals surface area (Å²) >= 11 is 1.47. The fourth-order valence-electron chi connectivity index (χ4n) is 2.92. The van der Waals surface area contributed by atoms with E-state index in [0.717, 1.165) is 26.8 Å². The lowest BCUT2D eigenvalue weighted by molar-refractivity contribution is 0.252. The van der Waals surface area contributed by atoms with Gasteiger partial charge in [0.1, 0.15) is 11.6 Å². The Morgan fingerprint density at radius 3 is 2.59 bits per heavy atom. The number of fused-ring (bicyclic) bond motifs is 1. The van der Waals surface area contributed by atoms with E-state index < -0.39 is 6.03 Å². The molecule has 2 aromatic heterocycles. The number of carbonyl (C=O) groups is 1. The molecule has 0 unspecified atom stereocenters. The van der Waals surface area contributed by atoms with Gasteiger partial charge in [0.25, 0.3) is 0 Å². The highest BCUT2D eigenvalue weighted by Crippen LogP contribution is 2.27. The highest BCUT2D eigenvalue weighted by molar-refractivity contribution is 7.17. The number of hydrogen-bond donors (Lipinski definition) is 2. The van der Waals surface area contributed by atoms with E-state index >= 15 is 0 Å². The van der Waals surface area contributed by atoms with Crippen molar-refractivity contribution in [3.63, 3.8) is 0 Å². The summed E-state index contributed by atoms with van der Waals surface area (Å²) in [7, 11) is 0. The van der Waals surface area contributed by atoms with Gasteiger partial charge < -0.3 is 10.6 Å². The fraction of sp³-hybridized carbons (Fsp3) is 0.143. The van der Waals surface area contributed by atoms with Gasteiger partial charge in [-0.05, 0) is 55.8 Å². The molecule has 0 bridgehead atoms. The third-order valence-electron chi connectivity index (χ3n) is 4.63. The summed E-state index contributed by atoms with van der Waals surface area (Å²) in [5.41, 5.74) is 3.48. The van der Waals surface area contributed by atoms with Gasteiger partial charge in [-0.25, -0.2) is 18.6 Å². The molecule has 2 N–H and O–H groups in total. The lowest BCUT2D eigenvalue weighted by Crippen LogP contribution is -2.28. The number of thiazole rings is 1. The number of carbonyl (C=O) groups excluding carboxylic acids is 1. The van der Waals surface area contributed by atoms with Crippen LogP contribution >= 0.6 is 11.3 Å². The van der Waals surface area contributed by atoms with Crippen molar-refractivity contribution in [2.45, 2.75) is 20.4 Å². The smallest absolute Gasteiger partial charge is 0.319 e. The number of halogens is 2. The summed E-state index contributed by atoms with van der Waals surface area (Å²) in [6, 6.07) is 10.3. The van der Waals surface area contributed by atoms with Crippen LogP contribution in [-0.2, 0) is 6.54 Å². The molecule has 0 aliphatic heterocycles. The number of urea groups is 1. The number of amides is 2. The van der Waals surface area contributed by atoms with Crippen LogP contribution in [0.4, 0.5) is 19.3 Å². The molecule has 0 atom stereocenters. The topological polar surface area (TPSA) is 58.4 Å². The Morgan fingerprint density at radius 1 is 1.14 bits per heavy atom. The third-order valence-corrected chi connectivity index (χ3v) is 5.79. The lowest BCUT2D eigenvalue weighted by atomic mass is 10.2. The molecule has 0 aliphatic rings. The SMILES string of the molecule is Cc1ccc(NC(=O)NCc2sc3nc(-c4ccc(F)cc4)cn3c2C)cc1F. The molecule has 0 spiro atoms. The molecule has 8 heteroatoms. The number of rotatable bonds is 4. The van der Waals surface area contributed by atoms with Crippen LogP contribution in [0.5, 0.6) is 0 Å². The fourth-order valence-corrected chi connectivity index (χ4v) is 3.97. The molecule has 0 radical (unpaired) electrons. The van der Waals surface area contributed by atoms with E-state index in [4.69, 9.17) is 0 Å². The van der Waals surface area contributed by atoms with E-state index in [1.807, 2.05) is 17.5 Å². The van der Waals surface area contributed by atoms with Crippen LogP contribution in [0.1, 0.15) is 16.1 Å². The van der Waals surface area contributed by atoms with Gasteiger partial charge in [0.15, 0.2) is 4.96 Å². The minimum Gasteiger partial charge on any atom is -0.333 e. The van der Waals surface area contributed by atoms with Crippen LogP contribution in [0, 0.1) is 25.5 Å². The molecule has 0 fully saturated rings. The van der Waals surface area contributed by atoms with E-state index in [9.17, 15) is 13.6 Å². The Bertz CT molecular complexity index is 1200.